The average molecular weight is 447 g/mol. The van der Waals surface area contributed by atoms with E-state index in [0.29, 0.717) is 31.7 Å². The van der Waals surface area contributed by atoms with Gasteiger partial charge in [-0.25, -0.2) is 8.78 Å². The summed E-state index contributed by atoms with van der Waals surface area (Å²) in [6.07, 6.45) is 1.76. The lowest BCUT2D eigenvalue weighted by molar-refractivity contribution is -0.0176. The number of carbonyl (C=O) groups is 2. The zero-order valence-electron chi connectivity index (χ0n) is 17.7. The second-order valence-corrected chi connectivity index (χ2v) is 7.96. The summed E-state index contributed by atoms with van der Waals surface area (Å²) in [5.74, 6) is -3.89. The van der Waals surface area contributed by atoms with E-state index in [9.17, 15) is 28.3 Å². The quantitative estimate of drug-likeness (QED) is 0.746. The smallest absolute Gasteiger partial charge is 0.274 e. The van der Waals surface area contributed by atoms with Crippen molar-refractivity contribution < 1.29 is 28.2 Å². The number of benzene rings is 1. The first-order valence-electron chi connectivity index (χ1n) is 10.3. The summed E-state index contributed by atoms with van der Waals surface area (Å²) >= 11 is 0. The van der Waals surface area contributed by atoms with Gasteiger partial charge in [-0.2, -0.15) is 0 Å². The summed E-state index contributed by atoms with van der Waals surface area (Å²) < 4.78 is 35.1. The molecule has 8 nitrogen and oxygen atoms in total. The van der Waals surface area contributed by atoms with E-state index in [0.717, 1.165) is 12.1 Å². The van der Waals surface area contributed by atoms with Crippen LogP contribution in [0.1, 0.15) is 51.4 Å². The van der Waals surface area contributed by atoms with Crippen LogP contribution in [0, 0.1) is 18.6 Å². The van der Waals surface area contributed by atoms with Crippen LogP contribution in [-0.2, 0) is 11.3 Å². The number of rotatable bonds is 4. The van der Waals surface area contributed by atoms with Gasteiger partial charge in [0.1, 0.15) is 17.2 Å². The summed E-state index contributed by atoms with van der Waals surface area (Å²) in [4.78, 5) is 39.9. The van der Waals surface area contributed by atoms with Crippen molar-refractivity contribution in [3.8, 4) is 5.75 Å². The van der Waals surface area contributed by atoms with Crippen LogP contribution >= 0.6 is 0 Å². The number of fused-ring (bicyclic) bond motifs is 3. The molecule has 1 saturated heterocycles. The van der Waals surface area contributed by atoms with E-state index in [1.165, 1.54) is 17.7 Å². The van der Waals surface area contributed by atoms with E-state index in [1.807, 2.05) is 0 Å². The minimum absolute atomic E-state index is 0.174. The Labute approximate surface area is 182 Å². The van der Waals surface area contributed by atoms with Gasteiger partial charge in [-0.15, -0.1) is 0 Å². The molecule has 0 aliphatic carbocycles. The Bertz CT molecular complexity index is 1140. The molecule has 170 valence electrons. The molecule has 4 rings (SSSR count). The van der Waals surface area contributed by atoms with Gasteiger partial charge < -0.3 is 24.6 Å². The van der Waals surface area contributed by atoms with Gasteiger partial charge in [0.05, 0.1) is 18.7 Å². The molecule has 2 N–H and O–H groups in total. The average Bonchev–Trinajstić information content (AvgIpc) is 2.75. The number of aromatic nitrogens is 1. The minimum Gasteiger partial charge on any atom is -0.503 e. The predicted octanol–water partition coefficient (Wildman–Crippen LogP) is 1.88. The fourth-order valence-corrected chi connectivity index (χ4v) is 4.42. The van der Waals surface area contributed by atoms with E-state index >= 15 is 0 Å². The highest BCUT2D eigenvalue weighted by Crippen LogP contribution is 2.35. The first-order chi connectivity index (χ1) is 15.2. The maximum Gasteiger partial charge on any atom is 0.274 e. The monoisotopic (exact) mass is 447 g/mol. The molecule has 0 bridgehead atoms. The van der Waals surface area contributed by atoms with E-state index in [1.54, 1.807) is 11.8 Å². The molecule has 2 aliphatic rings. The van der Waals surface area contributed by atoms with Crippen molar-refractivity contribution in [2.24, 2.45) is 0 Å². The number of hydrogen-bond acceptors (Lipinski definition) is 5. The number of amides is 2. The van der Waals surface area contributed by atoms with Crippen molar-refractivity contribution in [3.05, 3.63) is 62.6 Å². The topological polar surface area (TPSA) is 101 Å². The van der Waals surface area contributed by atoms with Crippen LogP contribution in [0.4, 0.5) is 8.78 Å². The molecule has 3 heterocycles. The Hall–Kier alpha value is -3.27. The highest BCUT2D eigenvalue weighted by Gasteiger charge is 2.43. The first-order valence-corrected chi connectivity index (χ1v) is 10.3. The van der Waals surface area contributed by atoms with Gasteiger partial charge in [0, 0.05) is 31.5 Å². The molecule has 0 radical (unpaired) electrons. The maximum absolute atomic E-state index is 14.1. The van der Waals surface area contributed by atoms with Crippen LogP contribution < -0.4 is 10.7 Å². The van der Waals surface area contributed by atoms with Crippen molar-refractivity contribution in [2.45, 2.75) is 38.9 Å². The lowest BCUT2D eigenvalue weighted by Gasteiger charge is -2.45. The Morgan fingerprint density at radius 3 is 2.59 bits per heavy atom. The number of likely N-dealkylation sites (N-methyl/N-ethyl adjacent to an activating group) is 1. The standard InChI is InChI=1S/C22H23F2N3O5/c1-3-26-17-10-32-5-4-16(17)27-9-13(19(28)20(29)18(27)22(26)31)21(30)25-8-12-14(23)6-11(2)7-15(12)24/h6-7,9,16-17,29H,3-5,8,10H2,1-2H3,(H,25,30)/t16-,17-/m1/s1. The molecule has 1 fully saturated rings. The van der Waals surface area contributed by atoms with Crippen molar-refractivity contribution in [1.29, 1.82) is 0 Å². The predicted molar refractivity (Wildman–Crippen MR) is 110 cm³/mol. The molecule has 32 heavy (non-hydrogen) atoms. The second-order valence-electron chi connectivity index (χ2n) is 7.96. The van der Waals surface area contributed by atoms with Crippen LogP contribution in [0.15, 0.2) is 23.1 Å². The summed E-state index contributed by atoms with van der Waals surface area (Å²) in [5.41, 5.74) is -1.56. The largest absolute Gasteiger partial charge is 0.503 e. The molecule has 2 atom stereocenters. The first kappa shape index (κ1) is 21.9. The van der Waals surface area contributed by atoms with Gasteiger partial charge in [-0.1, -0.05) is 0 Å². The zero-order valence-corrected chi connectivity index (χ0v) is 17.7. The number of aryl methyl sites for hydroxylation is 1. The molecule has 0 unspecified atom stereocenters. The molecule has 1 aromatic carbocycles. The Morgan fingerprint density at radius 2 is 1.94 bits per heavy atom. The molecular weight excluding hydrogens is 424 g/mol. The number of carbonyl (C=O) groups excluding carboxylic acids is 2. The molecule has 2 aromatic rings. The van der Waals surface area contributed by atoms with Gasteiger partial charge in [-0.3, -0.25) is 14.4 Å². The highest BCUT2D eigenvalue weighted by atomic mass is 19.1. The summed E-state index contributed by atoms with van der Waals surface area (Å²) in [7, 11) is 0. The lowest BCUT2D eigenvalue weighted by atomic mass is 9.96. The summed E-state index contributed by atoms with van der Waals surface area (Å²) in [6.45, 7) is 3.93. The lowest BCUT2D eigenvalue weighted by Crippen LogP contribution is -2.55. The Balaban J connectivity index is 1.70. The summed E-state index contributed by atoms with van der Waals surface area (Å²) in [5, 5.41) is 12.9. The number of ether oxygens (including phenoxy) is 1. The van der Waals surface area contributed by atoms with Gasteiger partial charge in [0.15, 0.2) is 11.4 Å². The van der Waals surface area contributed by atoms with E-state index in [2.05, 4.69) is 5.32 Å². The van der Waals surface area contributed by atoms with E-state index in [4.69, 9.17) is 4.74 Å². The molecule has 10 heteroatoms. The Morgan fingerprint density at radius 1 is 1.25 bits per heavy atom. The number of nitrogens with zero attached hydrogens (tertiary/aromatic N) is 2. The Kier molecular flexibility index (Phi) is 5.72. The zero-order chi connectivity index (χ0) is 23.2. The fraction of sp³-hybridized carbons (Fsp3) is 0.409. The molecule has 0 spiro atoms. The third-order valence-electron chi connectivity index (χ3n) is 6.02. The molecule has 2 aliphatic heterocycles. The van der Waals surface area contributed by atoms with Crippen molar-refractivity contribution in [1.82, 2.24) is 14.8 Å². The van der Waals surface area contributed by atoms with Crippen LogP contribution in [-0.4, -0.2) is 52.2 Å². The number of hydrogen-bond donors (Lipinski definition) is 2. The normalized spacial score (nSPS) is 20.0. The molecule has 2 amide bonds. The van der Waals surface area contributed by atoms with Crippen LogP contribution in [0.5, 0.6) is 5.75 Å². The van der Waals surface area contributed by atoms with Gasteiger partial charge >= 0.3 is 0 Å². The third-order valence-corrected chi connectivity index (χ3v) is 6.02. The second kappa shape index (κ2) is 8.34. The SMILES string of the molecule is CCN1C(=O)c2c(O)c(=O)c(C(=O)NCc3c(F)cc(C)cc3F)cn2[C@@H]2CCOC[C@H]21. The van der Waals surface area contributed by atoms with Gasteiger partial charge in [0.25, 0.3) is 11.8 Å². The van der Waals surface area contributed by atoms with Crippen molar-refractivity contribution in [2.75, 3.05) is 19.8 Å². The number of aromatic hydroxyl groups is 1. The van der Waals surface area contributed by atoms with Crippen molar-refractivity contribution >= 4 is 11.8 Å². The highest BCUT2D eigenvalue weighted by molar-refractivity contribution is 5.99. The van der Waals surface area contributed by atoms with Crippen LogP contribution in [0.2, 0.25) is 0 Å². The number of pyridine rings is 1. The third kappa shape index (κ3) is 3.54. The minimum atomic E-state index is -1.02. The van der Waals surface area contributed by atoms with Crippen LogP contribution in [0.25, 0.3) is 0 Å². The summed E-state index contributed by atoms with van der Waals surface area (Å²) in [6, 6.07) is 1.69. The molecular formula is C22H23F2N3O5. The number of nitrogens with one attached hydrogen (secondary N) is 1. The fourth-order valence-electron chi connectivity index (χ4n) is 4.42. The molecule has 0 saturated carbocycles. The van der Waals surface area contributed by atoms with Gasteiger partial charge in [0.2, 0.25) is 5.43 Å². The van der Waals surface area contributed by atoms with E-state index in [-0.39, 0.29) is 23.3 Å². The maximum atomic E-state index is 14.1. The molecule has 1 aromatic heterocycles. The van der Waals surface area contributed by atoms with Gasteiger partial charge in [-0.05, 0) is 38.0 Å². The number of halogens is 2. The van der Waals surface area contributed by atoms with Crippen LogP contribution in [0.3, 0.4) is 0 Å². The van der Waals surface area contributed by atoms with E-state index < -0.39 is 46.7 Å². The van der Waals surface area contributed by atoms with Crippen molar-refractivity contribution in [3.63, 3.8) is 0 Å².